The third kappa shape index (κ3) is 2.82. The molecule has 0 saturated heterocycles. The van der Waals surface area contributed by atoms with Crippen molar-refractivity contribution < 1.29 is 39.1 Å². The van der Waals surface area contributed by atoms with E-state index in [0.717, 1.165) is 17.6 Å². The van der Waals surface area contributed by atoms with Crippen molar-refractivity contribution in [1.29, 1.82) is 0 Å². The average molecular weight is 370 g/mol. The van der Waals surface area contributed by atoms with Gasteiger partial charge in [0.15, 0.2) is 0 Å². The molecule has 1 unspecified atom stereocenters. The zero-order valence-electron chi connectivity index (χ0n) is 13.5. The Balaban J connectivity index is 1.98. The van der Waals surface area contributed by atoms with E-state index < -0.39 is 47.9 Å². The number of carbonyl (C=O) groups is 2. The molecule has 1 fully saturated rings. The zero-order chi connectivity index (χ0) is 18.4. The van der Waals surface area contributed by atoms with Gasteiger partial charge in [-0.3, -0.25) is 0 Å². The summed E-state index contributed by atoms with van der Waals surface area (Å²) >= 11 is 1.16. The molecule has 0 amide bonds. The molecule has 0 bridgehead atoms. The van der Waals surface area contributed by atoms with Crippen LogP contribution in [0.5, 0.6) is 0 Å². The summed E-state index contributed by atoms with van der Waals surface area (Å²) in [5, 5.41) is 33.0. The summed E-state index contributed by atoms with van der Waals surface area (Å²) in [6.07, 6.45) is -3.25. The molecule has 136 valence electrons. The fourth-order valence-corrected chi connectivity index (χ4v) is 4.06. The molecule has 3 rings (SSSR count). The van der Waals surface area contributed by atoms with Crippen LogP contribution >= 0.6 is 11.3 Å². The van der Waals surface area contributed by atoms with Crippen molar-refractivity contribution in [3.05, 3.63) is 34.2 Å². The summed E-state index contributed by atoms with van der Waals surface area (Å²) in [6.45, 7) is 1.29. The molecule has 0 radical (unpaired) electrons. The number of rotatable bonds is 3. The Labute approximate surface area is 147 Å². The second-order valence-electron chi connectivity index (χ2n) is 6.16. The third-order valence-corrected chi connectivity index (χ3v) is 5.56. The van der Waals surface area contributed by atoms with Crippen LogP contribution in [0.1, 0.15) is 16.6 Å². The molecule has 3 N–H and O–H groups in total. The van der Waals surface area contributed by atoms with Gasteiger partial charge in [-0.1, -0.05) is 6.07 Å². The molecule has 9 heteroatoms. The van der Waals surface area contributed by atoms with Gasteiger partial charge in [-0.2, -0.15) is 0 Å². The second-order valence-corrected chi connectivity index (χ2v) is 7.11. The highest BCUT2D eigenvalue weighted by Gasteiger charge is 2.64. The van der Waals surface area contributed by atoms with Crippen molar-refractivity contribution in [2.45, 2.75) is 31.0 Å². The lowest BCUT2D eigenvalue weighted by Crippen LogP contribution is -2.48. The Bertz CT molecular complexity index is 695. The molecule has 25 heavy (non-hydrogen) atoms. The highest BCUT2D eigenvalue weighted by molar-refractivity contribution is 7.11. The number of aliphatic hydroxyl groups is 3. The van der Waals surface area contributed by atoms with E-state index in [2.05, 4.69) is 0 Å². The van der Waals surface area contributed by atoms with Crippen LogP contribution in [0.25, 0.3) is 0 Å². The Hall–Kier alpha value is -1.94. The Morgan fingerprint density at radius 3 is 2.64 bits per heavy atom. The first kappa shape index (κ1) is 17.9. The summed E-state index contributed by atoms with van der Waals surface area (Å²) < 4.78 is 15.1. The van der Waals surface area contributed by atoms with Crippen molar-refractivity contribution in [3.63, 3.8) is 0 Å². The molecule has 1 saturated carbocycles. The van der Waals surface area contributed by atoms with E-state index in [0.29, 0.717) is 4.88 Å². The van der Waals surface area contributed by atoms with Gasteiger partial charge >= 0.3 is 11.9 Å². The van der Waals surface area contributed by atoms with Crippen LogP contribution in [-0.2, 0) is 19.0 Å². The van der Waals surface area contributed by atoms with Crippen molar-refractivity contribution in [2.75, 3.05) is 7.11 Å². The maximum Gasteiger partial charge on any atom is 0.348 e. The van der Waals surface area contributed by atoms with Gasteiger partial charge in [-0.15, -0.1) is 11.3 Å². The number of fused-ring (bicyclic) bond motifs is 1. The first-order valence-electron chi connectivity index (χ1n) is 7.56. The molecule has 1 aliphatic heterocycles. The number of hydrogen-bond acceptors (Lipinski definition) is 9. The number of thiophene rings is 1. The molecule has 2 aliphatic rings. The van der Waals surface area contributed by atoms with Crippen molar-refractivity contribution in [3.8, 4) is 0 Å². The van der Waals surface area contributed by atoms with E-state index >= 15 is 0 Å². The fraction of sp³-hybridized carbons (Fsp3) is 0.500. The van der Waals surface area contributed by atoms with Gasteiger partial charge in [-0.05, 0) is 18.4 Å². The highest BCUT2D eigenvalue weighted by atomic mass is 32.1. The zero-order valence-corrected chi connectivity index (χ0v) is 14.3. The number of aliphatic hydroxyl groups excluding tert-OH is 2. The van der Waals surface area contributed by atoms with Crippen molar-refractivity contribution in [2.24, 2.45) is 11.8 Å². The number of ether oxygens (including phenoxy) is 3. The lowest BCUT2D eigenvalue weighted by Gasteiger charge is -2.36. The van der Waals surface area contributed by atoms with Crippen LogP contribution < -0.4 is 0 Å². The lowest BCUT2D eigenvalue weighted by atomic mass is 9.81. The number of esters is 2. The van der Waals surface area contributed by atoms with Gasteiger partial charge in [-0.25, -0.2) is 9.59 Å². The minimum absolute atomic E-state index is 0.0291. The lowest BCUT2D eigenvalue weighted by molar-refractivity contribution is -0.179. The van der Waals surface area contributed by atoms with Crippen LogP contribution in [0.15, 0.2) is 29.3 Å². The quantitative estimate of drug-likeness (QED) is 0.638. The van der Waals surface area contributed by atoms with E-state index in [1.54, 1.807) is 17.5 Å². The molecular weight excluding hydrogens is 352 g/mol. The first-order chi connectivity index (χ1) is 11.8. The summed E-state index contributed by atoms with van der Waals surface area (Å²) in [6, 6.07) is 3.23. The largest absolute Gasteiger partial charge is 0.472 e. The first-order valence-corrected chi connectivity index (χ1v) is 8.43. The van der Waals surface area contributed by atoms with E-state index in [1.807, 2.05) is 0 Å². The molecular formula is C16H18O8S. The summed E-state index contributed by atoms with van der Waals surface area (Å²) in [4.78, 5) is 24.6. The van der Waals surface area contributed by atoms with Crippen LogP contribution in [0.3, 0.4) is 0 Å². The van der Waals surface area contributed by atoms with E-state index in [9.17, 15) is 24.9 Å². The molecule has 2 heterocycles. The van der Waals surface area contributed by atoms with Crippen LogP contribution in [0, 0.1) is 11.8 Å². The molecule has 1 aliphatic carbocycles. The topological polar surface area (TPSA) is 123 Å². The van der Waals surface area contributed by atoms with E-state index in [4.69, 9.17) is 14.2 Å². The number of hydrogen-bond donors (Lipinski definition) is 3. The third-order valence-electron chi connectivity index (χ3n) is 4.71. The maximum atomic E-state index is 12.3. The minimum atomic E-state index is -1.85. The van der Waals surface area contributed by atoms with Gasteiger partial charge in [0.25, 0.3) is 0 Å². The molecule has 0 spiro atoms. The smallest absolute Gasteiger partial charge is 0.348 e. The van der Waals surface area contributed by atoms with E-state index in [1.165, 1.54) is 14.0 Å². The van der Waals surface area contributed by atoms with Gasteiger partial charge in [0.1, 0.15) is 22.7 Å². The Morgan fingerprint density at radius 1 is 1.32 bits per heavy atom. The average Bonchev–Trinajstić information content (AvgIpc) is 3.17. The minimum Gasteiger partial charge on any atom is -0.472 e. The highest BCUT2D eigenvalue weighted by Crippen LogP contribution is 2.50. The van der Waals surface area contributed by atoms with Gasteiger partial charge in [0.2, 0.25) is 6.29 Å². The van der Waals surface area contributed by atoms with E-state index in [-0.39, 0.29) is 5.57 Å². The van der Waals surface area contributed by atoms with Crippen LogP contribution in [0.2, 0.25) is 0 Å². The summed E-state index contributed by atoms with van der Waals surface area (Å²) in [5.41, 5.74) is -1.88. The number of carbonyl (C=O) groups excluding carboxylic acids is 2. The summed E-state index contributed by atoms with van der Waals surface area (Å²) in [7, 11) is 1.17. The van der Waals surface area contributed by atoms with Crippen LogP contribution in [-0.4, -0.2) is 58.5 Å². The Kier molecular flexibility index (Phi) is 4.58. The fourth-order valence-electron chi connectivity index (χ4n) is 3.45. The number of methoxy groups -OCH3 is 1. The monoisotopic (exact) mass is 370 g/mol. The normalized spacial score (nSPS) is 36.8. The predicted molar refractivity (Wildman–Crippen MR) is 84.3 cm³/mol. The standard InChI is InChI=1S/C16H18O8S/c1-16(21)10-9(7(13(18)22-2)6-23-15(10)20)11(12(16)17)24-14(19)8-4-3-5-25-8/h3-6,9-12,15,17,20-21H,1-2H3/t9-,10-,11+,12+,15?,16-/m1/s1. The molecule has 1 aromatic rings. The second kappa shape index (κ2) is 6.41. The SMILES string of the molecule is COC(=O)C1=COC(O)[C@H]2[C@@H]1[C@H](OC(=O)c1cccs1)[C@H](O)[C@]2(C)O. The molecule has 0 aromatic carbocycles. The van der Waals surface area contributed by atoms with Gasteiger partial charge in [0, 0.05) is 5.92 Å². The van der Waals surface area contributed by atoms with Gasteiger partial charge < -0.3 is 29.5 Å². The maximum absolute atomic E-state index is 12.3. The van der Waals surface area contributed by atoms with Crippen molar-refractivity contribution >= 4 is 23.3 Å². The molecule has 6 atom stereocenters. The molecule has 1 aromatic heterocycles. The van der Waals surface area contributed by atoms with Crippen molar-refractivity contribution in [1.82, 2.24) is 0 Å². The molecule has 8 nitrogen and oxygen atoms in total. The Morgan fingerprint density at radius 2 is 2.04 bits per heavy atom. The van der Waals surface area contributed by atoms with Gasteiger partial charge in [0.05, 0.1) is 24.9 Å². The summed E-state index contributed by atoms with van der Waals surface area (Å²) in [5.74, 6) is -3.52. The predicted octanol–water partition coefficient (Wildman–Crippen LogP) is 0.0369. The van der Waals surface area contributed by atoms with Crippen LogP contribution in [0.4, 0.5) is 0 Å².